The first kappa shape index (κ1) is 12.0. The number of ether oxygens (including phenoxy) is 1. The molecule has 0 heterocycles. The van der Waals surface area contributed by atoms with E-state index in [4.69, 9.17) is 4.74 Å². The maximum atomic E-state index is 9.66. The Balaban J connectivity index is 1.88. The van der Waals surface area contributed by atoms with Gasteiger partial charge in [-0.2, -0.15) is 0 Å². The highest BCUT2D eigenvalue weighted by atomic mass is 16.5. The van der Waals surface area contributed by atoms with Crippen LogP contribution in [-0.2, 0) is 12.8 Å². The highest BCUT2D eigenvalue weighted by Gasteiger charge is 2.36. The zero-order valence-corrected chi connectivity index (χ0v) is 11.0. The van der Waals surface area contributed by atoms with Crippen molar-refractivity contribution >= 4 is 0 Å². The molecule has 1 fully saturated rings. The molecule has 1 saturated carbocycles. The van der Waals surface area contributed by atoms with Crippen LogP contribution in [0.4, 0.5) is 0 Å². The maximum Gasteiger partial charge on any atom is 0.132 e. The van der Waals surface area contributed by atoms with Gasteiger partial charge in [-0.1, -0.05) is 12.1 Å². The number of aryl methyl sites for hydroxylation is 1. The van der Waals surface area contributed by atoms with Gasteiger partial charge in [0.05, 0.1) is 6.61 Å². The molecular weight excluding hydrogens is 224 g/mol. The van der Waals surface area contributed by atoms with Crippen molar-refractivity contribution in [3.63, 3.8) is 0 Å². The van der Waals surface area contributed by atoms with Crippen molar-refractivity contribution in [3.8, 4) is 5.75 Å². The SMILES string of the molecule is OCC1(Oc2cccc3c2CCCC3)CCCC1. The van der Waals surface area contributed by atoms with Gasteiger partial charge in [0.25, 0.3) is 0 Å². The molecule has 0 aliphatic heterocycles. The summed E-state index contributed by atoms with van der Waals surface area (Å²) in [6.45, 7) is 0.149. The molecule has 2 aliphatic carbocycles. The summed E-state index contributed by atoms with van der Waals surface area (Å²) in [6.07, 6.45) is 9.21. The first-order valence-corrected chi connectivity index (χ1v) is 7.24. The lowest BCUT2D eigenvalue weighted by Gasteiger charge is -2.30. The first-order chi connectivity index (χ1) is 8.83. The van der Waals surface area contributed by atoms with Crippen LogP contribution in [0.3, 0.4) is 0 Å². The summed E-state index contributed by atoms with van der Waals surface area (Å²) in [5.74, 6) is 1.03. The van der Waals surface area contributed by atoms with E-state index in [9.17, 15) is 5.11 Å². The van der Waals surface area contributed by atoms with Crippen LogP contribution >= 0.6 is 0 Å². The van der Waals surface area contributed by atoms with Gasteiger partial charge in [-0.3, -0.25) is 0 Å². The van der Waals surface area contributed by atoms with Gasteiger partial charge >= 0.3 is 0 Å². The fourth-order valence-corrected chi connectivity index (χ4v) is 3.39. The monoisotopic (exact) mass is 246 g/mol. The topological polar surface area (TPSA) is 29.5 Å². The maximum absolute atomic E-state index is 9.66. The Morgan fingerprint density at radius 3 is 2.61 bits per heavy atom. The Hall–Kier alpha value is -1.02. The molecule has 1 aromatic carbocycles. The number of hydrogen-bond acceptors (Lipinski definition) is 2. The Morgan fingerprint density at radius 1 is 1.06 bits per heavy atom. The molecule has 0 spiro atoms. The van der Waals surface area contributed by atoms with Crippen LogP contribution in [0, 0.1) is 0 Å². The van der Waals surface area contributed by atoms with Gasteiger partial charge in [0, 0.05) is 0 Å². The van der Waals surface area contributed by atoms with Gasteiger partial charge in [0.15, 0.2) is 0 Å². The summed E-state index contributed by atoms with van der Waals surface area (Å²) < 4.78 is 6.26. The van der Waals surface area contributed by atoms with Crippen LogP contribution in [0.5, 0.6) is 5.75 Å². The molecule has 0 radical (unpaired) electrons. The lowest BCUT2D eigenvalue weighted by molar-refractivity contribution is 0.0143. The Labute approximate surface area is 109 Å². The Bertz CT molecular complexity index is 419. The smallest absolute Gasteiger partial charge is 0.132 e. The second-order valence-corrected chi connectivity index (χ2v) is 5.75. The molecule has 0 aromatic heterocycles. The minimum atomic E-state index is -0.299. The molecule has 3 rings (SSSR count). The van der Waals surface area contributed by atoms with E-state index in [0.717, 1.165) is 25.0 Å². The lowest BCUT2D eigenvalue weighted by atomic mass is 9.91. The molecule has 2 nitrogen and oxygen atoms in total. The van der Waals surface area contributed by atoms with Crippen LogP contribution in [0.2, 0.25) is 0 Å². The molecule has 0 saturated heterocycles. The summed E-state index contributed by atoms with van der Waals surface area (Å²) in [7, 11) is 0. The fraction of sp³-hybridized carbons (Fsp3) is 0.625. The van der Waals surface area contributed by atoms with E-state index in [1.54, 1.807) is 0 Å². The van der Waals surface area contributed by atoms with Crippen molar-refractivity contribution in [1.29, 1.82) is 0 Å². The second kappa shape index (κ2) is 4.93. The van der Waals surface area contributed by atoms with Crippen molar-refractivity contribution in [1.82, 2.24) is 0 Å². The van der Waals surface area contributed by atoms with E-state index in [-0.39, 0.29) is 12.2 Å². The third kappa shape index (κ3) is 2.14. The van der Waals surface area contributed by atoms with Gasteiger partial charge in [-0.05, 0) is 68.6 Å². The van der Waals surface area contributed by atoms with Crippen molar-refractivity contribution in [2.45, 2.75) is 57.0 Å². The quantitative estimate of drug-likeness (QED) is 0.887. The van der Waals surface area contributed by atoms with E-state index in [2.05, 4.69) is 18.2 Å². The fourth-order valence-electron chi connectivity index (χ4n) is 3.39. The molecule has 1 aromatic rings. The second-order valence-electron chi connectivity index (χ2n) is 5.75. The summed E-state index contributed by atoms with van der Waals surface area (Å²) in [5.41, 5.74) is 2.54. The van der Waals surface area contributed by atoms with Gasteiger partial charge in [0.1, 0.15) is 11.4 Å². The summed E-state index contributed by atoms with van der Waals surface area (Å²) in [5, 5.41) is 9.66. The summed E-state index contributed by atoms with van der Waals surface area (Å²) >= 11 is 0. The zero-order valence-electron chi connectivity index (χ0n) is 11.0. The normalized spacial score (nSPS) is 21.6. The van der Waals surface area contributed by atoms with Crippen LogP contribution in [0.1, 0.15) is 49.7 Å². The van der Waals surface area contributed by atoms with Crippen LogP contribution < -0.4 is 4.74 Å². The van der Waals surface area contributed by atoms with Crippen molar-refractivity contribution in [2.24, 2.45) is 0 Å². The number of aliphatic hydroxyl groups excluding tert-OH is 1. The van der Waals surface area contributed by atoms with Crippen molar-refractivity contribution in [3.05, 3.63) is 29.3 Å². The highest BCUT2D eigenvalue weighted by molar-refractivity contribution is 5.42. The number of hydrogen-bond donors (Lipinski definition) is 1. The Morgan fingerprint density at radius 2 is 1.83 bits per heavy atom. The number of aliphatic hydroxyl groups is 1. The number of benzene rings is 1. The molecule has 18 heavy (non-hydrogen) atoms. The first-order valence-electron chi connectivity index (χ1n) is 7.24. The molecular formula is C16H22O2. The lowest BCUT2D eigenvalue weighted by Crippen LogP contribution is -2.37. The molecule has 0 bridgehead atoms. The van der Waals surface area contributed by atoms with E-state index in [0.29, 0.717) is 0 Å². The van der Waals surface area contributed by atoms with Gasteiger partial charge in [0.2, 0.25) is 0 Å². The van der Waals surface area contributed by atoms with Crippen LogP contribution in [-0.4, -0.2) is 17.3 Å². The average Bonchev–Trinajstić information content (AvgIpc) is 2.88. The largest absolute Gasteiger partial charge is 0.485 e. The van der Waals surface area contributed by atoms with Gasteiger partial charge in [-0.25, -0.2) is 0 Å². The van der Waals surface area contributed by atoms with Crippen molar-refractivity contribution in [2.75, 3.05) is 6.61 Å². The zero-order chi connectivity index (χ0) is 12.4. The predicted octanol–water partition coefficient (Wildman–Crippen LogP) is 3.25. The van der Waals surface area contributed by atoms with E-state index in [1.165, 1.54) is 43.2 Å². The minimum Gasteiger partial charge on any atom is -0.485 e. The van der Waals surface area contributed by atoms with Crippen LogP contribution in [0.15, 0.2) is 18.2 Å². The minimum absolute atomic E-state index is 0.149. The summed E-state index contributed by atoms with van der Waals surface area (Å²) in [6, 6.07) is 6.40. The molecule has 2 aliphatic rings. The third-order valence-electron chi connectivity index (χ3n) is 4.48. The van der Waals surface area contributed by atoms with E-state index in [1.807, 2.05) is 0 Å². The standard InChI is InChI=1S/C16H22O2/c17-12-16(10-3-4-11-16)18-15-9-5-7-13-6-1-2-8-14(13)15/h5,7,9,17H,1-4,6,8,10-12H2. The average molecular weight is 246 g/mol. The van der Waals surface area contributed by atoms with E-state index >= 15 is 0 Å². The van der Waals surface area contributed by atoms with Gasteiger partial charge in [-0.15, -0.1) is 0 Å². The highest BCUT2D eigenvalue weighted by Crippen LogP contribution is 2.37. The third-order valence-corrected chi connectivity index (χ3v) is 4.48. The Kier molecular flexibility index (Phi) is 3.29. The molecule has 0 atom stereocenters. The number of rotatable bonds is 3. The predicted molar refractivity (Wildman–Crippen MR) is 72.0 cm³/mol. The summed E-state index contributed by atoms with van der Waals surface area (Å²) in [4.78, 5) is 0. The molecule has 2 heteroatoms. The molecule has 98 valence electrons. The number of fused-ring (bicyclic) bond motifs is 1. The van der Waals surface area contributed by atoms with E-state index < -0.39 is 0 Å². The van der Waals surface area contributed by atoms with Gasteiger partial charge < -0.3 is 9.84 Å². The van der Waals surface area contributed by atoms with Crippen molar-refractivity contribution < 1.29 is 9.84 Å². The molecule has 0 amide bonds. The molecule has 0 unspecified atom stereocenters. The molecule has 1 N–H and O–H groups in total. The van der Waals surface area contributed by atoms with Crippen LogP contribution in [0.25, 0.3) is 0 Å².